The highest BCUT2D eigenvalue weighted by molar-refractivity contribution is 9.12. The lowest BCUT2D eigenvalue weighted by Gasteiger charge is -2.11. The van der Waals surface area contributed by atoms with Crippen LogP contribution in [0.1, 0.15) is 17.2 Å². The van der Waals surface area contributed by atoms with E-state index in [1.54, 1.807) is 23.5 Å². The van der Waals surface area contributed by atoms with Crippen LogP contribution in [0, 0.1) is 0 Å². The van der Waals surface area contributed by atoms with Crippen LogP contribution in [-0.4, -0.2) is 4.98 Å². The SMILES string of the molecule is NC(c1ccc2[nH]c(=O)oc2c1)c1cc(Br)sc1Br. The molecule has 98 valence electrons. The smallest absolute Gasteiger partial charge is 0.408 e. The Morgan fingerprint density at radius 3 is 2.79 bits per heavy atom. The average Bonchev–Trinajstić information content (AvgIpc) is 2.88. The molecule has 0 aliphatic carbocycles. The van der Waals surface area contributed by atoms with Gasteiger partial charge in [0.2, 0.25) is 0 Å². The van der Waals surface area contributed by atoms with Gasteiger partial charge < -0.3 is 10.2 Å². The van der Waals surface area contributed by atoms with E-state index in [0.29, 0.717) is 11.1 Å². The van der Waals surface area contributed by atoms with Crippen molar-refractivity contribution in [1.82, 2.24) is 4.98 Å². The molecule has 0 aliphatic rings. The number of hydrogen-bond acceptors (Lipinski definition) is 4. The van der Waals surface area contributed by atoms with Crippen LogP contribution in [0.5, 0.6) is 0 Å². The van der Waals surface area contributed by atoms with Gasteiger partial charge in [0, 0.05) is 0 Å². The van der Waals surface area contributed by atoms with Gasteiger partial charge in [-0.3, -0.25) is 4.98 Å². The Morgan fingerprint density at radius 2 is 2.11 bits per heavy atom. The van der Waals surface area contributed by atoms with Crippen LogP contribution in [0.3, 0.4) is 0 Å². The molecule has 0 amide bonds. The molecule has 4 nitrogen and oxygen atoms in total. The maximum Gasteiger partial charge on any atom is 0.417 e. The zero-order chi connectivity index (χ0) is 13.6. The monoisotopic (exact) mass is 402 g/mol. The van der Waals surface area contributed by atoms with Crippen molar-refractivity contribution in [3.63, 3.8) is 0 Å². The van der Waals surface area contributed by atoms with Crippen molar-refractivity contribution in [2.75, 3.05) is 0 Å². The highest BCUT2D eigenvalue weighted by Crippen LogP contribution is 2.37. The Balaban J connectivity index is 2.08. The molecule has 7 heteroatoms. The largest absolute Gasteiger partial charge is 0.417 e. The minimum absolute atomic E-state index is 0.276. The lowest BCUT2D eigenvalue weighted by atomic mass is 10.0. The van der Waals surface area contributed by atoms with Gasteiger partial charge in [-0.25, -0.2) is 4.79 Å². The standard InChI is InChI=1S/C12H8Br2N2O2S/c13-9-4-6(11(14)19-9)10(15)5-1-2-7-8(3-5)18-12(17)16-7/h1-4,10H,15H2,(H,16,17). The number of aromatic amines is 1. The number of H-pyrrole nitrogens is 1. The normalized spacial score (nSPS) is 13.0. The quantitative estimate of drug-likeness (QED) is 0.684. The highest BCUT2D eigenvalue weighted by Gasteiger charge is 2.16. The molecule has 0 spiro atoms. The van der Waals surface area contributed by atoms with Crippen LogP contribution in [-0.2, 0) is 0 Å². The van der Waals surface area contributed by atoms with E-state index in [1.807, 2.05) is 12.1 Å². The summed E-state index contributed by atoms with van der Waals surface area (Å²) >= 11 is 8.51. The Hall–Kier alpha value is -0.890. The fraction of sp³-hybridized carbons (Fsp3) is 0.0833. The predicted molar refractivity (Wildman–Crippen MR) is 82.6 cm³/mol. The van der Waals surface area contributed by atoms with Crippen molar-refractivity contribution in [1.29, 1.82) is 0 Å². The van der Waals surface area contributed by atoms with Gasteiger partial charge in [0.1, 0.15) is 0 Å². The molecule has 1 unspecified atom stereocenters. The number of rotatable bonds is 2. The summed E-state index contributed by atoms with van der Waals surface area (Å²) in [6, 6.07) is 7.18. The van der Waals surface area contributed by atoms with Gasteiger partial charge >= 0.3 is 5.76 Å². The number of thiophene rings is 1. The lowest BCUT2D eigenvalue weighted by Crippen LogP contribution is -2.11. The van der Waals surface area contributed by atoms with Gasteiger partial charge in [-0.1, -0.05) is 6.07 Å². The van der Waals surface area contributed by atoms with E-state index in [0.717, 1.165) is 18.7 Å². The van der Waals surface area contributed by atoms with E-state index in [9.17, 15) is 4.79 Å². The molecule has 3 N–H and O–H groups in total. The summed E-state index contributed by atoms with van der Waals surface area (Å²) in [6.45, 7) is 0. The molecule has 0 saturated carbocycles. The van der Waals surface area contributed by atoms with Crippen molar-refractivity contribution in [2.45, 2.75) is 6.04 Å². The van der Waals surface area contributed by atoms with E-state index >= 15 is 0 Å². The summed E-state index contributed by atoms with van der Waals surface area (Å²) < 4.78 is 7.05. The molecule has 1 aromatic carbocycles. The summed E-state index contributed by atoms with van der Waals surface area (Å²) in [6.07, 6.45) is 0. The summed E-state index contributed by atoms with van der Waals surface area (Å²) in [5.41, 5.74) is 9.33. The minimum atomic E-state index is -0.458. The lowest BCUT2D eigenvalue weighted by molar-refractivity contribution is 0.555. The fourth-order valence-corrected chi connectivity index (χ4v) is 4.83. The van der Waals surface area contributed by atoms with E-state index < -0.39 is 5.76 Å². The summed E-state index contributed by atoms with van der Waals surface area (Å²) in [5.74, 6) is -0.458. The van der Waals surface area contributed by atoms with E-state index in [1.165, 1.54) is 0 Å². The van der Waals surface area contributed by atoms with Crippen LogP contribution in [0.15, 0.2) is 41.0 Å². The fourth-order valence-electron chi connectivity index (χ4n) is 1.90. The van der Waals surface area contributed by atoms with Crippen LogP contribution in [0.25, 0.3) is 11.1 Å². The van der Waals surface area contributed by atoms with Gasteiger partial charge in [-0.2, -0.15) is 0 Å². The number of benzene rings is 1. The number of aromatic nitrogens is 1. The van der Waals surface area contributed by atoms with Gasteiger partial charge in [0.25, 0.3) is 0 Å². The minimum Gasteiger partial charge on any atom is -0.408 e. The maximum absolute atomic E-state index is 11.1. The van der Waals surface area contributed by atoms with Crippen molar-refractivity contribution < 1.29 is 4.42 Å². The highest BCUT2D eigenvalue weighted by atomic mass is 79.9. The molecule has 1 atom stereocenters. The van der Waals surface area contributed by atoms with Crippen LogP contribution in [0.4, 0.5) is 0 Å². The maximum atomic E-state index is 11.1. The Bertz CT molecular complexity index is 806. The third-order valence-electron chi connectivity index (χ3n) is 2.82. The first-order chi connectivity index (χ1) is 9.04. The molecule has 2 aromatic heterocycles. The van der Waals surface area contributed by atoms with Gasteiger partial charge in [0.15, 0.2) is 5.58 Å². The second-order valence-corrected chi connectivity index (χ2v) is 7.78. The molecular weight excluding hydrogens is 396 g/mol. The van der Waals surface area contributed by atoms with Crippen molar-refractivity contribution in [3.05, 3.63) is 53.5 Å². The Labute approximate surface area is 128 Å². The number of oxazole rings is 1. The molecule has 0 aliphatic heterocycles. The van der Waals surface area contributed by atoms with E-state index in [-0.39, 0.29) is 6.04 Å². The van der Waals surface area contributed by atoms with Crippen molar-refractivity contribution in [2.24, 2.45) is 5.73 Å². The third kappa shape index (κ3) is 2.43. The number of nitrogens with two attached hydrogens (primary N) is 1. The third-order valence-corrected chi connectivity index (χ3v) is 5.21. The number of hydrogen-bond donors (Lipinski definition) is 2. The van der Waals surface area contributed by atoms with Crippen LogP contribution < -0.4 is 11.5 Å². The molecule has 3 rings (SSSR count). The molecule has 0 radical (unpaired) electrons. The molecule has 19 heavy (non-hydrogen) atoms. The molecule has 2 heterocycles. The summed E-state index contributed by atoms with van der Waals surface area (Å²) in [4.78, 5) is 13.7. The molecule has 0 saturated heterocycles. The molecular formula is C12H8Br2N2O2S. The topological polar surface area (TPSA) is 72.0 Å². The summed E-state index contributed by atoms with van der Waals surface area (Å²) in [5, 5.41) is 0. The first-order valence-electron chi connectivity index (χ1n) is 5.37. The first kappa shape index (κ1) is 13.1. The van der Waals surface area contributed by atoms with E-state index in [2.05, 4.69) is 36.8 Å². The van der Waals surface area contributed by atoms with Gasteiger partial charge in [-0.05, 0) is 61.2 Å². The molecule has 3 aromatic rings. The molecule has 0 fully saturated rings. The Morgan fingerprint density at radius 1 is 1.32 bits per heavy atom. The zero-order valence-electron chi connectivity index (χ0n) is 9.44. The van der Waals surface area contributed by atoms with E-state index in [4.69, 9.17) is 10.2 Å². The number of halogens is 2. The van der Waals surface area contributed by atoms with Crippen LogP contribution >= 0.6 is 43.2 Å². The van der Waals surface area contributed by atoms with Crippen LogP contribution in [0.2, 0.25) is 0 Å². The molecule has 0 bridgehead atoms. The van der Waals surface area contributed by atoms with Gasteiger partial charge in [-0.15, -0.1) is 11.3 Å². The second kappa shape index (κ2) is 4.90. The zero-order valence-corrected chi connectivity index (χ0v) is 13.4. The Kier molecular flexibility index (Phi) is 3.38. The summed E-state index contributed by atoms with van der Waals surface area (Å²) in [7, 11) is 0. The second-order valence-electron chi connectivity index (χ2n) is 4.03. The van der Waals surface area contributed by atoms with Crippen molar-refractivity contribution >= 4 is 54.3 Å². The first-order valence-corrected chi connectivity index (χ1v) is 7.78. The average molecular weight is 404 g/mol. The van der Waals surface area contributed by atoms with Gasteiger partial charge in [0.05, 0.1) is 19.1 Å². The van der Waals surface area contributed by atoms with Crippen molar-refractivity contribution in [3.8, 4) is 0 Å². The number of fused-ring (bicyclic) bond motifs is 1. The predicted octanol–water partition coefficient (Wildman–Crippen LogP) is 3.76. The number of nitrogens with one attached hydrogen (secondary N) is 1.